The van der Waals surface area contributed by atoms with Gasteiger partial charge in [0.25, 0.3) is 5.91 Å². The van der Waals surface area contributed by atoms with Gasteiger partial charge in [-0.1, -0.05) is 0 Å². The molecule has 4 nitrogen and oxygen atoms in total. The molecule has 0 radical (unpaired) electrons. The van der Waals surface area contributed by atoms with Gasteiger partial charge in [-0.05, 0) is 31.4 Å². The van der Waals surface area contributed by atoms with Gasteiger partial charge in [0, 0.05) is 25.0 Å². The first-order chi connectivity index (χ1) is 7.18. The van der Waals surface area contributed by atoms with E-state index < -0.39 is 0 Å². The number of nitrogens with zero attached hydrogens (tertiary/aromatic N) is 2. The minimum Gasteiger partial charge on any atom is -0.399 e. The number of rotatable bonds is 2. The first-order valence-electron chi connectivity index (χ1n) is 5.17. The van der Waals surface area contributed by atoms with Crippen molar-refractivity contribution in [2.75, 3.05) is 12.8 Å². The van der Waals surface area contributed by atoms with E-state index in [0.29, 0.717) is 17.4 Å². The lowest BCUT2D eigenvalue weighted by molar-refractivity contribution is 0.0646. The van der Waals surface area contributed by atoms with Gasteiger partial charge < -0.3 is 10.6 Å². The maximum absolute atomic E-state index is 11.9. The highest BCUT2D eigenvalue weighted by atomic mass is 16.2. The maximum Gasteiger partial charge on any atom is 0.272 e. The molecule has 1 aromatic rings. The third-order valence-corrected chi connectivity index (χ3v) is 2.95. The zero-order valence-corrected chi connectivity index (χ0v) is 8.81. The van der Waals surface area contributed by atoms with E-state index in [1.54, 1.807) is 23.2 Å². The Labute approximate surface area is 89.1 Å². The van der Waals surface area contributed by atoms with Crippen LogP contribution in [-0.4, -0.2) is 28.9 Å². The highest BCUT2D eigenvalue weighted by Crippen LogP contribution is 2.24. The van der Waals surface area contributed by atoms with E-state index in [4.69, 9.17) is 5.73 Å². The van der Waals surface area contributed by atoms with Crippen LogP contribution in [0.2, 0.25) is 0 Å². The Balaban J connectivity index is 2.12. The average Bonchev–Trinajstić information content (AvgIpc) is 2.14. The molecule has 1 saturated carbocycles. The number of amides is 1. The minimum atomic E-state index is -0.0352. The molecule has 0 spiro atoms. The van der Waals surface area contributed by atoms with Gasteiger partial charge in [-0.3, -0.25) is 9.78 Å². The summed E-state index contributed by atoms with van der Waals surface area (Å²) in [7, 11) is 1.83. The predicted molar refractivity (Wildman–Crippen MR) is 58.4 cm³/mol. The molecule has 80 valence electrons. The van der Waals surface area contributed by atoms with Gasteiger partial charge in [-0.25, -0.2) is 0 Å². The van der Waals surface area contributed by atoms with E-state index >= 15 is 0 Å². The second kappa shape index (κ2) is 3.88. The fourth-order valence-electron chi connectivity index (χ4n) is 1.68. The highest BCUT2D eigenvalue weighted by Gasteiger charge is 2.26. The van der Waals surface area contributed by atoms with Crippen molar-refractivity contribution in [3.8, 4) is 0 Å². The molecule has 0 bridgehead atoms. The number of carbonyl (C=O) groups excluding carboxylic acids is 1. The van der Waals surface area contributed by atoms with Crippen LogP contribution in [0.4, 0.5) is 5.69 Å². The standard InChI is InChI=1S/C11H15N3O/c1-14(9-3-2-4-9)11(15)10-7-8(12)5-6-13-10/h5-7,9H,2-4H2,1H3,(H2,12,13). The van der Waals surface area contributed by atoms with Crippen LogP contribution >= 0.6 is 0 Å². The molecule has 1 fully saturated rings. The van der Waals surface area contributed by atoms with E-state index in [1.165, 1.54) is 6.42 Å². The number of hydrogen-bond acceptors (Lipinski definition) is 3. The van der Waals surface area contributed by atoms with Gasteiger partial charge in [0.2, 0.25) is 0 Å². The molecule has 1 heterocycles. The molecule has 1 aliphatic rings. The van der Waals surface area contributed by atoms with Crippen LogP contribution < -0.4 is 5.73 Å². The SMILES string of the molecule is CN(C(=O)c1cc(N)ccn1)C1CCC1. The molecule has 2 rings (SSSR count). The lowest BCUT2D eigenvalue weighted by atomic mass is 9.92. The maximum atomic E-state index is 11.9. The van der Waals surface area contributed by atoms with Crippen LogP contribution in [0.5, 0.6) is 0 Å². The molecule has 2 N–H and O–H groups in total. The summed E-state index contributed by atoms with van der Waals surface area (Å²) in [6.07, 6.45) is 4.99. The molecular weight excluding hydrogens is 190 g/mol. The summed E-state index contributed by atoms with van der Waals surface area (Å²) in [5.41, 5.74) is 6.62. The molecule has 0 atom stereocenters. The number of aromatic nitrogens is 1. The van der Waals surface area contributed by atoms with Crippen molar-refractivity contribution in [1.82, 2.24) is 9.88 Å². The number of nitrogen functional groups attached to an aromatic ring is 1. The fraction of sp³-hybridized carbons (Fsp3) is 0.455. The van der Waals surface area contributed by atoms with Gasteiger partial charge in [-0.15, -0.1) is 0 Å². The Morgan fingerprint density at radius 1 is 1.60 bits per heavy atom. The van der Waals surface area contributed by atoms with Crippen molar-refractivity contribution >= 4 is 11.6 Å². The van der Waals surface area contributed by atoms with Crippen molar-refractivity contribution in [2.24, 2.45) is 0 Å². The summed E-state index contributed by atoms with van der Waals surface area (Å²) >= 11 is 0. The van der Waals surface area contributed by atoms with Gasteiger partial charge in [0.1, 0.15) is 5.69 Å². The van der Waals surface area contributed by atoms with Crippen LogP contribution in [0.25, 0.3) is 0 Å². The first-order valence-corrected chi connectivity index (χ1v) is 5.17. The van der Waals surface area contributed by atoms with Crippen LogP contribution in [0, 0.1) is 0 Å². The quantitative estimate of drug-likeness (QED) is 0.791. The van der Waals surface area contributed by atoms with Crippen LogP contribution in [-0.2, 0) is 0 Å². The first kappa shape index (κ1) is 9.96. The molecule has 1 aromatic heterocycles. The summed E-state index contributed by atoms with van der Waals surface area (Å²) in [5, 5.41) is 0. The zero-order chi connectivity index (χ0) is 10.8. The molecule has 0 aromatic carbocycles. The van der Waals surface area contributed by atoms with Crippen molar-refractivity contribution in [3.05, 3.63) is 24.0 Å². The van der Waals surface area contributed by atoms with Crippen LogP contribution in [0.15, 0.2) is 18.3 Å². The zero-order valence-electron chi connectivity index (χ0n) is 8.81. The summed E-state index contributed by atoms with van der Waals surface area (Å²) in [6, 6.07) is 3.69. The largest absolute Gasteiger partial charge is 0.399 e. The highest BCUT2D eigenvalue weighted by molar-refractivity contribution is 5.93. The Kier molecular flexibility index (Phi) is 2.58. The lowest BCUT2D eigenvalue weighted by Gasteiger charge is -2.34. The molecule has 0 saturated heterocycles. The molecule has 4 heteroatoms. The second-order valence-corrected chi connectivity index (χ2v) is 3.98. The Morgan fingerprint density at radius 2 is 2.33 bits per heavy atom. The summed E-state index contributed by atoms with van der Waals surface area (Å²) < 4.78 is 0. The predicted octanol–water partition coefficient (Wildman–Crippen LogP) is 1.29. The Hall–Kier alpha value is -1.58. The smallest absolute Gasteiger partial charge is 0.272 e. The lowest BCUT2D eigenvalue weighted by Crippen LogP contribution is -2.41. The third-order valence-electron chi connectivity index (χ3n) is 2.95. The Morgan fingerprint density at radius 3 is 2.87 bits per heavy atom. The summed E-state index contributed by atoms with van der Waals surface area (Å²) in [6.45, 7) is 0. The second-order valence-electron chi connectivity index (χ2n) is 3.98. The van der Waals surface area contributed by atoms with E-state index in [9.17, 15) is 4.79 Å². The van der Waals surface area contributed by atoms with Gasteiger partial charge >= 0.3 is 0 Å². The van der Waals surface area contributed by atoms with Crippen molar-refractivity contribution in [3.63, 3.8) is 0 Å². The summed E-state index contributed by atoms with van der Waals surface area (Å²) in [4.78, 5) is 17.7. The normalized spacial score (nSPS) is 15.8. The fourth-order valence-corrected chi connectivity index (χ4v) is 1.68. The summed E-state index contributed by atoms with van der Waals surface area (Å²) in [5.74, 6) is -0.0352. The van der Waals surface area contributed by atoms with E-state index in [2.05, 4.69) is 4.98 Å². The number of pyridine rings is 1. The third kappa shape index (κ3) is 1.93. The topological polar surface area (TPSA) is 59.2 Å². The van der Waals surface area contributed by atoms with E-state index in [-0.39, 0.29) is 5.91 Å². The van der Waals surface area contributed by atoms with E-state index in [1.807, 2.05) is 7.05 Å². The minimum absolute atomic E-state index is 0.0352. The number of hydrogen-bond donors (Lipinski definition) is 1. The van der Waals surface area contributed by atoms with Gasteiger partial charge in [-0.2, -0.15) is 0 Å². The van der Waals surface area contributed by atoms with Crippen LogP contribution in [0.1, 0.15) is 29.8 Å². The molecule has 1 amide bonds. The van der Waals surface area contributed by atoms with Crippen molar-refractivity contribution < 1.29 is 4.79 Å². The molecule has 1 aliphatic carbocycles. The number of anilines is 1. The average molecular weight is 205 g/mol. The van der Waals surface area contributed by atoms with Gasteiger partial charge in [0.15, 0.2) is 0 Å². The molecular formula is C11H15N3O. The monoisotopic (exact) mass is 205 g/mol. The molecule has 0 aliphatic heterocycles. The van der Waals surface area contributed by atoms with E-state index in [0.717, 1.165) is 12.8 Å². The van der Waals surface area contributed by atoms with Gasteiger partial charge in [0.05, 0.1) is 0 Å². The number of carbonyl (C=O) groups is 1. The van der Waals surface area contributed by atoms with Crippen molar-refractivity contribution in [2.45, 2.75) is 25.3 Å². The van der Waals surface area contributed by atoms with Crippen LogP contribution in [0.3, 0.4) is 0 Å². The van der Waals surface area contributed by atoms with Crippen molar-refractivity contribution in [1.29, 1.82) is 0 Å². The molecule has 15 heavy (non-hydrogen) atoms. The number of nitrogens with two attached hydrogens (primary N) is 1. The molecule has 0 unspecified atom stereocenters. The Bertz CT molecular complexity index is 374.